The number of anilines is 3. The van der Waals surface area contributed by atoms with Crippen LogP contribution in [0.3, 0.4) is 0 Å². The van der Waals surface area contributed by atoms with E-state index in [9.17, 15) is 14.4 Å². The van der Waals surface area contributed by atoms with Gasteiger partial charge < -0.3 is 21.3 Å². The first-order valence-electron chi connectivity index (χ1n) is 9.75. The highest BCUT2D eigenvalue weighted by atomic mass is 16.2. The van der Waals surface area contributed by atoms with Crippen LogP contribution in [0, 0.1) is 0 Å². The zero-order valence-electron chi connectivity index (χ0n) is 17.0. The fourth-order valence-corrected chi connectivity index (χ4v) is 2.42. The van der Waals surface area contributed by atoms with E-state index in [0.717, 1.165) is 12.1 Å². The Hall–Kier alpha value is -3.35. The number of carbonyl (C=O) groups excluding carboxylic acids is 3. The van der Waals surface area contributed by atoms with Crippen molar-refractivity contribution in [2.24, 2.45) is 0 Å². The second kappa shape index (κ2) is 10.8. The number of benzene rings is 2. The van der Waals surface area contributed by atoms with E-state index in [0.29, 0.717) is 23.4 Å². The maximum Gasteiger partial charge on any atom is 0.251 e. The zero-order valence-corrected chi connectivity index (χ0v) is 17.0. The Kier molecular flexibility index (Phi) is 8.21. The molecule has 0 fully saturated rings. The predicted octanol–water partition coefficient (Wildman–Crippen LogP) is 3.61. The van der Waals surface area contributed by atoms with E-state index in [1.807, 2.05) is 13.8 Å². The topological polar surface area (TPSA) is 99.3 Å². The molecule has 7 heteroatoms. The van der Waals surface area contributed by atoms with Crippen LogP contribution in [0.25, 0.3) is 0 Å². The van der Waals surface area contributed by atoms with Gasteiger partial charge in [0.25, 0.3) is 5.91 Å². The highest BCUT2D eigenvalue weighted by Crippen LogP contribution is 2.14. The number of hydrogen-bond acceptors (Lipinski definition) is 4. The lowest BCUT2D eigenvalue weighted by Gasteiger charge is -2.12. The molecule has 154 valence electrons. The Bertz CT molecular complexity index is 832. The van der Waals surface area contributed by atoms with Crippen molar-refractivity contribution < 1.29 is 14.4 Å². The summed E-state index contributed by atoms with van der Waals surface area (Å²) >= 11 is 0. The summed E-state index contributed by atoms with van der Waals surface area (Å²) in [4.78, 5) is 35.6. The fourth-order valence-electron chi connectivity index (χ4n) is 2.42. The summed E-state index contributed by atoms with van der Waals surface area (Å²) in [5, 5.41) is 11.5. The third kappa shape index (κ3) is 7.29. The highest BCUT2D eigenvalue weighted by molar-refractivity contribution is 5.97. The maximum atomic E-state index is 12.1. The average molecular weight is 396 g/mol. The lowest BCUT2D eigenvalue weighted by Crippen LogP contribution is -2.31. The molecule has 29 heavy (non-hydrogen) atoms. The van der Waals surface area contributed by atoms with Gasteiger partial charge >= 0.3 is 0 Å². The van der Waals surface area contributed by atoms with Gasteiger partial charge in [-0.15, -0.1) is 0 Å². The van der Waals surface area contributed by atoms with Gasteiger partial charge in [0, 0.05) is 35.1 Å². The Balaban J connectivity index is 1.81. The first-order chi connectivity index (χ1) is 13.9. The molecule has 0 aromatic heterocycles. The molecule has 0 aliphatic heterocycles. The summed E-state index contributed by atoms with van der Waals surface area (Å²) in [6, 6.07) is 14.0. The van der Waals surface area contributed by atoms with Gasteiger partial charge in [-0.3, -0.25) is 14.4 Å². The normalized spacial score (nSPS) is 11.3. The zero-order chi connectivity index (χ0) is 21.2. The molecular formula is C22H28N4O3. The monoisotopic (exact) mass is 396 g/mol. The standard InChI is InChI=1S/C22H28N4O3/c1-4-15(3)24-22(29)16-6-8-18(9-7-16)26-21(28)14-23-17-10-12-19(13-11-17)25-20(27)5-2/h6-13,15,23H,4-5,14H2,1-3H3,(H,24,29)(H,25,27)(H,26,28). The number of nitrogens with one attached hydrogen (secondary N) is 4. The second-order valence-corrected chi connectivity index (χ2v) is 6.74. The molecule has 0 heterocycles. The van der Waals surface area contributed by atoms with Crippen LogP contribution in [0.2, 0.25) is 0 Å². The molecule has 0 saturated heterocycles. The van der Waals surface area contributed by atoms with E-state index in [2.05, 4.69) is 21.3 Å². The molecule has 2 aromatic carbocycles. The molecule has 7 nitrogen and oxygen atoms in total. The third-order valence-corrected chi connectivity index (χ3v) is 4.36. The lowest BCUT2D eigenvalue weighted by molar-refractivity contribution is -0.116. The van der Waals surface area contributed by atoms with Crippen LogP contribution >= 0.6 is 0 Å². The second-order valence-electron chi connectivity index (χ2n) is 6.74. The summed E-state index contributed by atoms with van der Waals surface area (Å²) in [5.41, 5.74) is 2.65. The van der Waals surface area contributed by atoms with Gasteiger partial charge in [0.05, 0.1) is 6.54 Å². The first-order valence-corrected chi connectivity index (χ1v) is 9.75. The molecule has 0 bridgehead atoms. The maximum absolute atomic E-state index is 12.1. The molecule has 0 spiro atoms. The van der Waals surface area contributed by atoms with Crippen molar-refractivity contribution in [2.75, 3.05) is 22.5 Å². The lowest BCUT2D eigenvalue weighted by atomic mass is 10.1. The molecular weight excluding hydrogens is 368 g/mol. The van der Waals surface area contributed by atoms with E-state index < -0.39 is 0 Å². The van der Waals surface area contributed by atoms with E-state index >= 15 is 0 Å². The minimum atomic E-state index is -0.204. The van der Waals surface area contributed by atoms with Crippen LogP contribution in [-0.2, 0) is 9.59 Å². The Labute approximate surface area is 171 Å². The van der Waals surface area contributed by atoms with Gasteiger partial charge in [0.2, 0.25) is 11.8 Å². The number of rotatable bonds is 9. The van der Waals surface area contributed by atoms with Crippen LogP contribution in [0.1, 0.15) is 44.0 Å². The van der Waals surface area contributed by atoms with Crippen LogP contribution < -0.4 is 21.3 Å². The van der Waals surface area contributed by atoms with E-state index in [1.165, 1.54) is 0 Å². The molecule has 0 saturated carbocycles. The Morgan fingerprint density at radius 3 is 1.86 bits per heavy atom. The summed E-state index contributed by atoms with van der Waals surface area (Å²) in [7, 11) is 0. The van der Waals surface area contributed by atoms with Crippen LogP contribution in [0.4, 0.5) is 17.1 Å². The molecule has 4 N–H and O–H groups in total. The quantitative estimate of drug-likeness (QED) is 0.520. The average Bonchev–Trinajstić information content (AvgIpc) is 2.73. The number of hydrogen-bond donors (Lipinski definition) is 4. The van der Waals surface area contributed by atoms with Gasteiger partial charge in [-0.25, -0.2) is 0 Å². The fraction of sp³-hybridized carbons (Fsp3) is 0.318. The Morgan fingerprint density at radius 2 is 1.31 bits per heavy atom. The molecule has 2 rings (SSSR count). The van der Waals surface area contributed by atoms with Gasteiger partial charge in [-0.2, -0.15) is 0 Å². The van der Waals surface area contributed by atoms with Crippen molar-refractivity contribution in [3.8, 4) is 0 Å². The number of carbonyl (C=O) groups is 3. The molecule has 1 atom stereocenters. The van der Waals surface area contributed by atoms with Gasteiger partial charge in [-0.05, 0) is 61.9 Å². The summed E-state index contributed by atoms with van der Waals surface area (Å²) < 4.78 is 0. The molecule has 0 radical (unpaired) electrons. The van der Waals surface area contributed by atoms with Crippen LogP contribution in [0.15, 0.2) is 48.5 Å². The van der Waals surface area contributed by atoms with E-state index in [4.69, 9.17) is 0 Å². The number of amides is 3. The summed E-state index contributed by atoms with van der Waals surface area (Å²) in [5.74, 6) is -0.379. The molecule has 0 aliphatic rings. The van der Waals surface area contributed by atoms with Gasteiger partial charge in [0.15, 0.2) is 0 Å². The van der Waals surface area contributed by atoms with E-state index in [1.54, 1.807) is 55.5 Å². The van der Waals surface area contributed by atoms with Gasteiger partial charge in [0.1, 0.15) is 0 Å². The minimum Gasteiger partial charge on any atom is -0.376 e. The summed E-state index contributed by atoms with van der Waals surface area (Å²) in [6.07, 6.45) is 1.28. The van der Waals surface area contributed by atoms with Gasteiger partial charge in [-0.1, -0.05) is 13.8 Å². The SMILES string of the molecule is CCC(=O)Nc1ccc(NCC(=O)Nc2ccc(C(=O)NC(C)CC)cc2)cc1. The Morgan fingerprint density at radius 1 is 0.793 bits per heavy atom. The third-order valence-electron chi connectivity index (χ3n) is 4.36. The molecule has 3 amide bonds. The largest absolute Gasteiger partial charge is 0.376 e. The van der Waals surface area contributed by atoms with Crippen LogP contribution in [0.5, 0.6) is 0 Å². The summed E-state index contributed by atoms with van der Waals surface area (Å²) in [6.45, 7) is 5.85. The predicted molar refractivity (Wildman–Crippen MR) is 116 cm³/mol. The molecule has 0 aliphatic carbocycles. The first kappa shape index (κ1) is 21.9. The van der Waals surface area contributed by atoms with Crippen molar-refractivity contribution in [1.82, 2.24) is 5.32 Å². The highest BCUT2D eigenvalue weighted by Gasteiger charge is 2.09. The van der Waals surface area contributed by atoms with Crippen molar-refractivity contribution in [1.29, 1.82) is 0 Å². The van der Waals surface area contributed by atoms with Crippen molar-refractivity contribution >= 4 is 34.8 Å². The molecule has 1 unspecified atom stereocenters. The smallest absolute Gasteiger partial charge is 0.251 e. The van der Waals surface area contributed by atoms with E-state index in [-0.39, 0.29) is 30.3 Å². The van der Waals surface area contributed by atoms with Crippen LogP contribution in [-0.4, -0.2) is 30.3 Å². The van der Waals surface area contributed by atoms with Crippen molar-refractivity contribution in [3.05, 3.63) is 54.1 Å². The van der Waals surface area contributed by atoms with Crippen molar-refractivity contribution in [3.63, 3.8) is 0 Å². The van der Waals surface area contributed by atoms with Crippen molar-refractivity contribution in [2.45, 2.75) is 39.7 Å². The minimum absolute atomic E-state index is 0.0477. The molecule has 2 aromatic rings.